The molecular weight excluding hydrogens is 266 g/mol. The van der Waals surface area contributed by atoms with E-state index in [2.05, 4.69) is 11.9 Å². The Labute approximate surface area is 125 Å². The molecule has 3 N–H and O–H groups in total. The van der Waals surface area contributed by atoms with E-state index in [1.165, 1.54) is 5.57 Å². The molecule has 0 amide bonds. The van der Waals surface area contributed by atoms with E-state index in [0.29, 0.717) is 5.96 Å². The summed E-state index contributed by atoms with van der Waals surface area (Å²) in [5.41, 5.74) is 10.0. The second-order valence-electron chi connectivity index (χ2n) is 5.35. The molecule has 1 unspecified atom stereocenters. The number of likely N-dealkylation sites (N-methyl/N-ethyl adjacent to an activating group) is 1. The van der Waals surface area contributed by atoms with Gasteiger partial charge >= 0.3 is 0 Å². The number of ether oxygens (including phenoxy) is 1. The van der Waals surface area contributed by atoms with Crippen molar-refractivity contribution in [2.75, 3.05) is 14.2 Å². The van der Waals surface area contributed by atoms with E-state index >= 15 is 0 Å². The molecule has 0 radical (unpaired) electrons. The summed E-state index contributed by atoms with van der Waals surface area (Å²) < 4.78 is 5.44. The maximum Gasteiger partial charge on any atom is 0.196 e. The van der Waals surface area contributed by atoms with Crippen molar-refractivity contribution in [2.24, 2.45) is 10.7 Å². The summed E-state index contributed by atoms with van der Waals surface area (Å²) in [7, 11) is 3.59. The monoisotopic (exact) mass is 289 g/mol. The van der Waals surface area contributed by atoms with Gasteiger partial charge in [-0.3, -0.25) is 0 Å². The van der Waals surface area contributed by atoms with Crippen molar-refractivity contribution in [3.8, 4) is 5.75 Å². The van der Waals surface area contributed by atoms with Crippen LogP contribution in [0.5, 0.6) is 5.75 Å². The molecule has 5 heteroatoms. The van der Waals surface area contributed by atoms with Gasteiger partial charge in [0.15, 0.2) is 5.96 Å². The van der Waals surface area contributed by atoms with Crippen LogP contribution in [0.4, 0.5) is 0 Å². The van der Waals surface area contributed by atoms with Crippen molar-refractivity contribution in [3.05, 3.63) is 40.6 Å². The van der Waals surface area contributed by atoms with Crippen molar-refractivity contribution < 1.29 is 9.84 Å². The Morgan fingerprint density at radius 1 is 1.43 bits per heavy atom. The third-order valence-electron chi connectivity index (χ3n) is 4.11. The Hall–Kier alpha value is -2.01. The van der Waals surface area contributed by atoms with Crippen LogP contribution in [0.25, 0.3) is 0 Å². The van der Waals surface area contributed by atoms with Gasteiger partial charge in [0, 0.05) is 19.2 Å². The quantitative estimate of drug-likeness (QED) is 0.884. The van der Waals surface area contributed by atoms with Crippen LogP contribution in [0.15, 0.2) is 34.5 Å². The Bertz CT molecular complexity index is 593. The minimum Gasteiger partial charge on any atom is -0.496 e. The number of hydrogen-bond acceptors (Lipinski definition) is 5. The van der Waals surface area contributed by atoms with Crippen LogP contribution < -0.4 is 10.5 Å². The smallest absolute Gasteiger partial charge is 0.196 e. The molecule has 1 aromatic rings. The average Bonchev–Trinajstić information content (AvgIpc) is 2.49. The number of aliphatic hydroxyl groups excluding tert-OH is 1. The summed E-state index contributed by atoms with van der Waals surface area (Å²) >= 11 is 0. The van der Waals surface area contributed by atoms with Crippen LogP contribution in [0, 0.1) is 0 Å². The number of methoxy groups -OCH3 is 1. The van der Waals surface area contributed by atoms with Gasteiger partial charge in [-0.15, -0.1) is 0 Å². The van der Waals surface area contributed by atoms with Gasteiger partial charge in [0.2, 0.25) is 0 Å². The largest absolute Gasteiger partial charge is 0.496 e. The predicted octanol–water partition coefficient (Wildman–Crippen LogP) is 1.65. The molecule has 0 saturated carbocycles. The Kier molecular flexibility index (Phi) is 4.53. The van der Waals surface area contributed by atoms with E-state index in [9.17, 15) is 5.11 Å². The summed E-state index contributed by atoms with van der Waals surface area (Å²) in [6, 6.07) is 5.99. The molecule has 0 bridgehead atoms. The van der Waals surface area contributed by atoms with E-state index in [0.717, 1.165) is 29.0 Å². The molecule has 0 fully saturated rings. The highest BCUT2D eigenvalue weighted by Crippen LogP contribution is 2.28. The molecule has 0 aromatic heterocycles. The maximum atomic E-state index is 9.21. The summed E-state index contributed by atoms with van der Waals surface area (Å²) in [4.78, 5) is 6.37. The Morgan fingerprint density at radius 3 is 2.76 bits per heavy atom. The molecule has 1 heterocycles. The van der Waals surface area contributed by atoms with Crippen molar-refractivity contribution in [1.82, 2.24) is 4.90 Å². The van der Waals surface area contributed by atoms with Crippen molar-refractivity contribution >= 4 is 5.96 Å². The molecule has 0 saturated heterocycles. The number of benzene rings is 1. The maximum absolute atomic E-state index is 9.21. The van der Waals surface area contributed by atoms with Crippen LogP contribution in [-0.4, -0.2) is 36.2 Å². The summed E-state index contributed by atoms with van der Waals surface area (Å²) in [6.07, 6.45) is 0.753. The summed E-state index contributed by atoms with van der Waals surface area (Å²) in [5.74, 6) is 1.34. The van der Waals surface area contributed by atoms with Crippen molar-refractivity contribution in [1.29, 1.82) is 0 Å². The lowest BCUT2D eigenvalue weighted by Crippen LogP contribution is -2.44. The minimum absolute atomic E-state index is 0.0122. The third kappa shape index (κ3) is 3.03. The zero-order chi connectivity index (χ0) is 15.6. The number of allylic oxidation sites excluding steroid dienone is 1. The molecule has 1 aliphatic heterocycles. The number of nitrogens with two attached hydrogens (primary N) is 1. The first-order chi connectivity index (χ1) is 9.97. The summed E-state index contributed by atoms with van der Waals surface area (Å²) in [6.45, 7) is 4.12. The number of guanidine groups is 1. The molecule has 21 heavy (non-hydrogen) atoms. The minimum atomic E-state index is 0.0122. The van der Waals surface area contributed by atoms with Gasteiger partial charge < -0.3 is 20.5 Å². The lowest BCUT2D eigenvalue weighted by Gasteiger charge is -2.32. The van der Waals surface area contributed by atoms with E-state index in [1.807, 2.05) is 37.1 Å². The molecular formula is C16H23N3O2. The zero-order valence-corrected chi connectivity index (χ0v) is 13.1. The highest BCUT2D eigenvalue weighted by atomic mass is 16.5. The summed E-state index contributed by atoms with van der Waals surface area (Å²) in [5, 5.41) is 9.21. The molecule has 5 nitrogen and oxygen atoms in total. The first-order valence-corrected chi connectivity index (χ1v) is 7.01. The fraction of sp³-hybridized carbons (Fsp3) is 0.438. The van der Waals surface area contributed by atoms with Gasteiger partial charge in [-0.1, -0.05) is 12.1 Å². The van der Waals surface area contributed by atoms with Crippen molar-refractivity contribution in [2.45, 2.75) is 32.9 Å². The van der Waals surface area contributed by atoms with E-state index < -0.39 is 0 Å². The van der Waals surface area contributed by atoms with Crippen LogP contribution >= 0.6 is 0 Å². The zero-order valence-electron chi connectivity index (χ0n) is 13.1. The standard InChI is InChI=1S/C16H23N3O2/c1-10-14(11(2)19(3)16(17)18-10)8-13-6-5-12(9-20)7-15(13)21-4/h5-7,11,20H,8-9H2,1-4H3,(H2,17,18). The number of aliphatic imine (C=N–C) groups is 1. The van der Waals surface area contributed by atoms with Gasteiger partial charge in [0.1, 0.15) is 5.75 Å². The van der Waals surface area contributed by atoms with Gasteiger partial charge in [0.25, 0.3) is 0 Å². The van der Waals surface area contributed by atoms with Gasteiger partial charge in [-0.05, 0) is 36.6 Å². The molecule has 1 aromatic carbocycles. The molecule has 114 valence electrons. The topological polar surface area (TPSA) is 71.1 Å². The fourth-order valence-electron chi connectivity index (χ4n) is 2.57. The number of hydrogen-bond donors (Lipinski definition) is 2. The van der Waals surface area contributed by atoms with Crippen molar-refractivity contribution in [3.63, 3.8) is 0 Å². The molecule has 1 aliphatic rings. The number of aliphatic hydroxyl groups is 1. The number of nitrogens with zero attached hydrogens (tertiary/aromatic N) is 2. The fourth-order valence-corrected chi connectivity index (χ4v) is 2.57. The second-order valence-corrected chi connectivity index (χ2v) is 5.35. The number of rotatable bonds is 4. The third-order valence-corrected chi connectivity index (χ3v) is 4.11. The Balaban J connectivity index is 2.35. The first kappa shape index (κ1) is 15.4. The molecule has 0 spiro atoms. The van der Waals surface area contributed by atoms with Crippen LogP contribution in [0.2, 0.25) is 0 Å². The lowest BCUT2D eigenvalue weighted by molar-refractivity contribution is 0.281. The average molecular weight is 289 g/mol. The Morgan fingerprint density at radius 2 is 2.14 bits per heavy atom. The van der Waals surface area contributed by atoms with Gasteiger partial charge in [-0.2, -0.15) is 0 Å². The molecule has 1 atom stereocenters. The van der Waals surface area contributed by atoms with E-state index in [-0.39, 0.29) is 12.6 Å². The molecule has 2 rings (SSSR count). The first-order valence-electron chi connectivity index (χ1n) is 7.01. The van der Waals surface area contributed by atoms with Gasteiger partial charge in [-0.25, -0.2) is 4.99 Å². The van der Waals surface area contributed by atoms with Crippen LogP contribution in [-0.2, 0) is 13.0 Å². The van der Waals surface area contributed by atoms with E-state index in [1.54, 1.807) is 7.11 Å². The second kappa shape index (κ2) is 6.18. The van der Waals surface area contributed by atoms with Gasteiger partial charge in [0.05, 0.1) is 19.8 Å². The predicted molar refractivity (Wildman–Crippen MR) is 84.2 cm³/mol. The van der Waals surface area contributed by atoms with E-state index in [4.69, 9.17) is 10.5 Å². The van der Waals surface area contributed by atoms with Crippen LogP contribution in [0.3, 0.4) is 0 Å². The van der Waals surface area contributed by atoms with Crippen LogP contribution in [0.1, 0.15) is 25.0 Å². The highest BCUT2D eigenvalue weighted by molar-refractivity contribution is 5.80. The SMILES string of the molecule is COc1cc(CO)ccc1CC1=C(C)N=C(N)N(C)C1C. The lowest BCUT2D eigenvalue weighted by atomic mass is 9.95. The highest BCUT2D eigenvalue weighted by Gasteiger charge is 2.24. The molecule has 0 aliphatic carbocycles. The normalized spacial score (nSPS) is 18.8.